The van der Waals surface area contributed by atoms with E-state index in [0.29, 0.717) is 27.9 Å². The van der Waals surface area contributed by atoms with Crippen molar-refractivity contribution in [2.45, 2.75) is 12.7 Å². The quantitative estimate of drug-likeness (QED) is 0.0689. The summed E-state index contributed by atoms with van der Waals surface area (Å²) in [5, 5.41) is 49.1. The van der Waals surface area contributed by atoms with Crippen LogP contribution in [0, 0.1) is 5.41 Å². The number of nitrogens with two attached hydrogens (primary N) is 1. The minimum atomic E-state index is -4.44. The SMILES string of the molecule is N=C(N=NN)c1cc(NC2=C(O)C(O)=C2O)cc(-c2ccc(C(=O)NCc3ccc(C(F)(F)F)cc3)cc2)c1. The van der Waals surface area contributed by atoms with Gasteiger partial charge in [-0.05, 0) is 59.2 Å². The molecule has 0 saturated heterocycles. The molecule has 0 atom stereocenters. The van der Waals surface area contributed by atoms with Crippen molar-refractivity contribution in [1.82, 2.24) is 5.32 Å². The second-order valence-electron chi connectivity index (χ2n) is 8.36. The summed E-state index contributed by atoms with van der Waals surface area (Å²) >= 11 is 0. The summed E-state index contributed by atoms with van der Waals surface area (Å²) in [5.41, 5.74) is 1.74. The van der Waals surface area contributed by atoms with E-state index in [2.05, 4.69) is 21.0 Å². The number of hydrogen-bond acceptors (Lipinski definition) is 7. The van der Waals surface area contributed by atoms with Crippen molar-refractivity contribution in [3.63, 3.8) is 0 Å². The van der Waals surface area contributed by atoms with Crippen molar-refractivity contribution in [2.75, 3.05) is 5.32 Å². The molecule has 0 spiro atoms. The molecule has 0 bridgehead atoms. The van der Waals surface area contributed by atoms with Gasteiger partial charge in [0.05, 0.1) is 5.56 Å². The molecule has 10 nitrogen and oxygen atoms in total. The van der Waals surface area contributed by atoms with Gasteiger partial charge in [0.2, 0.25) is 5.76 Å². The van der Waals surface area contributed by atoms with Crippen LogP contribution in [-0.2, 0) is 12.7 Å². The van der Waals surface area contributed by atoms with Gasteiger partial charge in [-0.15, -0.1) is 5.11 Å². The second-order valence-corrected chi connectivity index (χ2v) is 8.36. The first kappa shape index (κ1) is 26.7. The van der Waals surface area contributed by atoms with Crippen LogP contribution in [0.1, 0.15) is 27.0 Å². The first-order valence-electron chi connectivity index (χ1n) is 11.2. The number of amides is 1. The number of aliphatic hydroxyl groups excluding tert-OH is 3. The molecule has 0 heterocycles. The average molecular weight is 538 g/mol. The molecule has 1 aliphatic rings. The molecule has 13 heteroatoms. The molecule has 0 radical (unpaired) electrons. The number of anilines is 1. The molecular weight excluding hydrogens is 517 g/mol. The molecule has 3 aromatic carbocycles. The summed E-state index contributed by atoms with van der Waals surface area (Å²) in [6.07, 6.45) is -4.44. The van der Waals surface area contributed by atoms with Crippen LogP contribution in [0.25, 0.3) is 11.1 Å². The number of carbonyl (C=O) groups is 1. The molecule has 4 rings (SSSR count). The minimum absolute atomic E-state index is 0.0349. The highest BCUT2D eigenvalue weighted by Crippen LogP contribution is 2.33. The predicted molar refractivity (Wildman–Crippen MR) is 136 cm³/mol. The Morgan fingerprint density at radius 1 is 0.872 bits per heavy atom. The molecule has 0 unspecified atom stereocenters. The van der Waals surface area contributed by atoms with E-state index >= 15 is 0 Å². The highest BCUT2D eigenvalue weighted by molar-refractivity contribution is 5.99. The number of benzene rings is 3. The molecule has 200 valence electrons. The standard InChI is InChI=1S/C26H21F3N6O4/c27-26(28,29)18-7-1-13(2-8-18)12-32-25(39)15-5-3-14(4-6-15)16-9-17(24(30)34-35-31)11-19(10-16)33-20-21(36)23(38)22(20)37/h1-11,33,36-38H,12H2,(H,32,39)(H3,30,31,34). The molecule has 1 aliphatic carbocycles. The van der Waals surface area contributed by atoms with Gasteiger partial charge < -0.3 is 31.8 Å². The number of carbonyl (C=O) groups excluding carboxylic acids is 1. The Bertz CT molecular complexity index is 1530. The Morgan fingerprint density at radius 3 is 2.13 bits per heavy atom. The van der Waals surface area contributed by atoms with Crippen LogP contribution >= 0.6 is 0 Å². The van der Waals surface area contributed by atoms with Gasteiger partial charge in [0.15, 0.2) is 17.4 Å². The molecule has 8 N–H and O–H groups in total. The largest absolute Gasteiger partial charge is 0.503 e. The molecule has 0 aliphatic heterocycles. The van der Waals surface area contributed by atoms with Crippen LogP contribution in [-0.4, -0.2) is 27.1 Å². The maximum Gasteiger partial charge on any atom is 0.416 e. The fraction of sp³-hybridized carbons (Fsp3) is 0.0769. The molecular formula is C26H21F3N6O4. The number of hydrogen-bond donors (Lipinski definition) is 7. The van der Waals surface area contributed by atoms with Gasteiger partial charge in [0.1, 0.15) is 5.70 Å². The third-order valence-electron chi connectivity index (χ3n) is 5.77. The van der Waals surface area contributed by atoms with Gasteiger partial charge in [-0.25, -0.2) is 0 Å². The monoisotopic (exact) mass is 538 g/mol. The van der Waals surface area contributed by atoms with Crippen LogP contribution in [0.4, 0.5) is 18.9 Å². The lowest BCUT2D eigenvalue weighted by atomic mass is 9.99. The van der Waals surface area contributed by atoms with Crippen molar-refractivity contribution in [3.8, 4) is 11.1 Å². The van der Waals surface area contributed by atoms with E-state index in [9.17, 15) is 33.3 Å². The van der Waals surface area contributed by atoms with Crippen molar-refractivity contribution >= 4 is 17.4 Å². The fourth-order valence-corrected chi connectivity index (χ4v) is 3.69. The Labute approximate surface area is 219 Å². The first-order chi connectivity index (χ1) is 18.5. The number of rotatable bonds is 7. The molecule has 1 amide bonds. The summed E-state index contributed by atoms with van der Waals surface area (Å²) in [6.45, 7) is 0.0349. The number of nitrogens with one attached hydrogen (secondary N) is 3. The number of halogens is 3. The van der Waals surface area contributed by atoms with Gasteiger partial charge in [-0.3, -0.25) is 10.2 Å². The second kappa shape index (κ2) is 10.6. The van der Waals surface area contributed by atoms with E-state index in [4.69, 9.17) is 11.3 Å². The summed E-state index contributed by atoms with van der Waals surface area (Å²) in [6, 6.07) is 15.6. The minimum Gasteiger partial charge on any atom is -0.503 e. The average Bonchev–Trinajstić information content (AvgIpc) is 2.93. The van der Waals surface area contributed by atoms with Gasteiger partial charge >= 0.3 is 6.18 Å². The Kier molecular flexibility index (Phi) is 7.25. The van der Waals surface area contributed by atoms with E-state index in [1.54, 1.807) is 36.4 Å². The molecule has 0 fully saturated rings. The van der Waals surface area contributed by atoms with E-state index in [-0.39, 0.29) is 23.6 Å². The van der Waals surface area contributed by atoms with E-state index in [1.807, 2.05) is 0 Å². The van der Waals surface area contributed by atoms with E-state index < -0.39 is 34.9 Å². The Balaban J connectivity index is 1.51. The number of aliphatic hydroxyl groups is 3. The van der Waals surface area contributed by atoms with Crippen molar-refractivity contribution in [2.24, 2.45) is 16.2 Å². The molecule has 0 aromatic heterocycles. The molecule has 39 heavy (non-hydrogen) atoms. The first-order valence-corrected chi connectivity index (χ1v) is 11.2. The van der Waals surface area contributed by atoms with Gasteiger partial charge in [-0.2, -0.15) is 13.2 Å². The zero-order valence-electron chi connectivity index (χ0n) is 19.9. The van der Waals surface area contributed by atoms with Crippen LogP contribution in [0.2, 0.25) is 0 Å². The molecule has 0 saturated carbocycles. The number of alkyl halides is 3. The number of nitrogens with zero attached hydrogens (tertiary/aromatic N) is 2. The topological polar surface area (TPSA) is 176 Å². The van der Waals surface area contributed by atoms with Gasteiger partial charge in [0.25, 0.3) is 5.91 Å². The summed E-state index contributed by atoms with van der Waals surface area (Å²) in [7, 11) is 0. The highest BCUT2D eigenvalue weighted by atomic mass is 19.4. The third-order valence-corrected chi connectivity index (χ3v) is 5.77. The van der Waals surface area contributed by atoms with Gasteiger partial charge in [-0.1, -0.05) is 29.5 Å². The lowest BCUT2D eigenvalue weighted by Crippen LogP contribution is -2.22. The van der Waals surface area contributed by atoms with Crippen molar-refractivity contribution in [1.29, 1.82) is 5.41 Å². The lowest BCUT2D eigenvalue weighted by Gasteiger charge is -2.21. The summed E-state index contributed by atoms with van der Waals surface area (Å²) in [4.78, 5) is 12.6. The zero-order valence-corrected chi connectivity index (χ0v) is 19.9. The van der Waals surface area contributed by atoms with Crippen LogP contribution in [0.15, 0.2) is 100 Å². The Morgan fingerprint density at radius 2 is 1.54 bits per heavy atom. The normalized spacial score (nSPS) is 13.4. The molecule has 3 aromatic rings. The Hall–Kier alpha value is -5.33. The number of amidine groups is 1. The van der Waals surface area contributed by atoms with Crippen molar-refractivity contribution in [3.05, 3.63) is 112 Å². The summed E-state index contributed by atoms with van der Waals surface area (Å²) in [5.74, 6) is 2.66. The third kappa shape index (κ3) is 5.82. The fourth-order valence-electron chi connectivity index (χ4n) is 3.69. The van der Waals surface area contributed by atoms with E-state index in [1.165, 1.54) is 18.2 Å². The van der Waals surface area contributed by atoms with Crippen LogP contribution < -0.4 is 16.5 Å². The zero-order chi connectivity index (χ0) is 28.3. The van der Waals surface area contributed by atoms with E-state index in [0.717, 1.165) is 12.1 Å². The van der Waals surface area contributed by atoms with Crippen LogP contribution in [0.3, 0.4) is 0 Å². The highest BCUT2D eigenvalue weighted by Gasteiger charge is 2.30. The van der Waals surface area contributed by atoms with Crippen LogP contribution in [0.5, 0.6) is 0 Å². The predicted octanol–water partition coefficient (Wildman–Crippen LogP) is 5.48. The lowest BCUT2D eigenvalue weighted by molar-refractivity contribution is -0.137. The maximum absolute atomic E-state index is 12.7. The van der Waals surface area contributed by atoms with Gasteiger partial charge in [0, 0.05) is 23.4 Å². The smallest absolute Gasteiger partial charge is 0.416 e. The summed E-state index contributed by atoms with van der Waals surface area (Å²) < 4.78 is 38.2. The maximum atomic E-state index is 12.7. The van der Waals surface area contributed by atoms with Crippen molar-refractivity contribution < 1.29 is 33.3 Å².